The lowest BCUT2D eigenvalue weighted by molar-refractivity contribution is 1.06. The molecule has 0 bridgehead atoms. The fourth-order valence-electron chi connectivity index (χ4n) is 3.41. The van der Waals surface area contributed by atoms with E-state index in [1.807, 2.05) is 97.1 Å². The molecule has 7 nitrogen and oxygen atoms in total. The van der Waals surface area contributed by atoms with Gasteiger partial charge in [-0.25, -0.2) is 0 Å². The number of halogens is 1. The highest BCUT2D eigenvalue weighted by molar-refractivity contribution is 6.28. The van der Waals surface area contributed by atoms with Crippen molar-refractivity contribution >= 4 is 59.2 Å². The molecule has 5 rings (SSSR count). The molecule has 0 fully saturated rings. The van der Waals surface area contributed by atoms with Gasteiger partial charge in [-0.1, -0.05) is 48.6 Å². The van der Waals surface area contributed by atoms with Crippen molar-refractivity contribution in [3.8, 4) is 0 Å². The summed E-state index contributed by atoms with van der Waals surface area (Å²) >= 11 is 6.16. The van der Waals surface area contributed by atoms with Crippen molar-refractivity contribution in [1.29, 1.82) is 0 Å². The first-order valence-corrected chi connectivity index (χ1v) is 11.9. The van der Waals surface area contributed by atoms with E-state index in [4.69, 9.17) is 11.6 Å². The minimum atomic E-state index is 0.0915. The number of aromatic nitrogens is 5. The molecule has 0 aliphatic heterocycles. The molecule has 0 atom stereocenters. The van der Waals surface area contributed by atoms with Crippen LogP contribution in [0.15, 0.2) is 97.6 Å². The smallest absolute Gasteiger partial charge is 0.233 e. The highest BCUT2D eigenvalue weighted by atomic mass is 35.5. The molecule has 2 aromatic carbocycles. The zero-order chi connectivity index (χ0) is 25.3. The van der Waals surface area contributed by atoms with E-state index in [1.165, 1.54) is 0 Å². The Morgan fingerprint density at radius 2 is 0.811 bits per heavy atom. The van der Waals surface area contributed by atoms with E-state index >= 15 is 0 Å². The Hall–Kier alpha value is -4.88. The van der Waals surface area contributed by atoms with Crippen LogP contribution in [0.4, 0.5) is 23.3 Å². The van der Waals surface area contributed by atoms with Crippen LogP contribution in [-0.2, 0) is 0 Å². The molecule has 0 radical (unpaired) electrons. The molecule has 5 aromatic rings. The number of pyridine rings is 2. The lowest BCUT2D eigenvalue weighted by Crippen LogP contribution is -2.04. The number of benzene rings is 2. The normalized spacial score (nSPS) is 11.2. The summed E-state index contributed by atoms with van der Waals surface area (Å²) in [6.07, 6.45) is 15.2. The maximum absolute atomic E-state index is 6.16. The second-order valence-corrected chi connectivity index (χ2v) is 8.31. The minimum Gasteiger partial charge on any atom is -0.324 e. The van der Waals surface area contributed by atoms with E-state index in [2.05, 4.69) is 35.6 Å². The second kappa shape index (κ2) is 11.7. The molecule has 0 amide bonds. The molecule has 0 aliphatic carbocycles. The average molecular weight is 504 g/mol. The molecule has 0 unspecified atom stereocenters. The van der Waals surface area contributed by atoms with Gasteiger partial charge in [-0.3, -0.25) is 9.97 Å². The van der Waals surface area contributed by atoms with Gasteiger partial charge >= 0.3 is 0 Å². The summed E-state index contributed by atoms with van der Waals surface area (Å²) in [5.74, 6) is 0.693. The van der Waals surface area contributed by atoms with Crippen LogP contribution in [0.25, 0.3) is 24.3 Å². The summed E-state index contributed by atoms with van der Waals surface area (Å²) in [5, 5.41) is 6.45. The predicted octanol–water partition coefficient (Wildman–Crippen LogP) is 7.14. The van der Waals surface area contributed by atoms with Crippen molar-refractivity contribution in [3.63, 3.8) is 0 Å². The Kier molecular flexibility index (Phi) is 7.54. The quantitative estimate of drug-likeness (QED) is 0.232. The van der Waals surface area contributed by atoms with Crippen LogP contribution in [0.2, 0.25) is 5.28 Å². The first-order valence-electron chi connectivity index (χ1n) is 11.5. The van der Waals surface area contributed by atoms with Crippen LogP contribution in [-0.4, -0.2) is 24.9 Å². The van der Waals surface area contributed by atoms with Crippen molar-refractivity contribution in [2.24, 2.45) is 0 Å². The molecule has 2 N–H and O–H groups in total. The lowest BCUT2D eigenvalue weighted by atomic mass is 10.1. The van der Waals surface area contributed by atoms with Crippen molar-refractivity contribution in [1.82, 2.24) is 24.9 Å². The van der Waals surface area contributed by atoms with Crippen LogP contribution in [0.1, 0.15) is 22.3 Å². The highest BCUT2D eigenvalue weighted by Crippen LogP contribution is 2.20. The minimum absolute atomic E-state index is 0.0915. The van der Waals surface area contributed by atoms with E-state index < -0.39 is 0 Å². The zero-order valence-electron chi connectivity index (χ0n) is 19.7. The van der Waals surface area contributed by atoms with Crippen LogP contribution in [0.3, 0.4) is 0 Å². The molecule has 8 heteroatoms. The summed E-state index contributed by atoms with van der Waals surface area (Å²) in [6.45, 7) is 0. The maximum atomic E-state index is 6.16. The van der Waals surface area contributed by atoms with Gasteiger partial charge in [0.15, 0.2) is 0 Å². The summed E-state index contributed by atoms with van der Waals surface area (Å²) in [6, 6.07) is 23.7. The first-order chi connectivity index (χ1) is 18.2. The zero-order valence-corrected chi connectivity index (χ0v) is 20.4. The van der Waals surface area contributed by atoms with Gasteiger partial charge in [0.1, 0.15) is 0 Å². The second-order valence-electron chi connectivity index (χ2n) is 7.97. The Morgan fingerprint density at radius 1 is 0.459 bits per heavy atom. The van der Waals surface area contributed by atoms with Gasteiger partial charge in [0.2, 0.25) is 17.2 Å². The van der Waals surface area contributed by atoms with Crippen molar-refractivity contribution in [2.45, 2.75) is 0 Å². The lowest BCUT2D eigenvalue weighted by Gasteiger charge is -2.09. The number of anilines is 4. The third kappa shape index (κ3) is 7.06. The average Bonchev–Trinajstić information content (AvgIpc) is 2.93. The van der Waals surface area contributed by atoms with Crippen LogP contribution >= 0.6 is 11.6 Å². The molecule has 0 aliphatic rings. The molecule has 3 aromatic heterocycles. The van der Waals surface area contributed by atoms with Gasteiger partial charge in [0.25, 0.3) is 0 Å². The number of rotatable bonds is 8. The van der Waals surface area contributed by atoms with Gasteiger partial charge in [-0.2, -0.15) is 15.0 Å². The van der Waals surface area contributed by atoms with E-state index in [0.29, 0.717) is 11.9 Å². The third-order valence-electron chi connectivity index (χ3n) is 5.29. The topological polar surface area (TPSA) is 88.5 Å². The summed E-state index contributed by atoms with van der Waals surface area (Å²) in [4.78, 5) is 20.9. The van der Waals surface area contributed by atoms with Gasteiger partial charge in [-0.15, -0.1) is 0 Å². The summed E-state index contributed by atoms with van der Waals surface area (Å²) in [5.41, 5.74) is 5.98. The van der Waals surface area contributed by atoms with Gasteiger partial charge < -0.3 is 10.6 Å². The maximum Gasteiger partial charge on any atom is 0.233 e. The van der Waals surface area contributed by atoms with Gasteiger partial charge in [-0.05, 0) is 82.4 Å². The van der Waals surface area contributed by atoms with Crippen molar-refractivity contribution in [3.05, 3.63) is 125 Å². The number of hydrogen-bond donors (Lipinski definition) is 2. The molecule has 0 saturated carbocycles. The largest absolute Gasteiger partial charge is 0.324 e. The molecule has 0 saturated heterocycles. The van der Waals surface area contributed by atoms with Crippen molar-refractivity contribution < 1.29 is 0 Å². The van der Waals surface area contributed by atoms with E-state index in [0.717, 1.165) is 33.6 Å². The van der Waals surface area contributed by atoms with Gasteiger partial charge in [0.05, 0.1) is 0 Å². The Labute approximate surface area is 219 Å². The van der Waals surface area contributed by atoms with Gasteiger partial charge in [0, 0.05) is 36.2 Å². The summed E-state index contributed by atoms with van der Waals surface area (Å²) in [7, 11) is 0. The number of hydrogen-bond acceptors (Lipinski definition) is 7. The fraction of sp³-hybridized carbons (Fsp3) is 0. The van der Waals surface area contributed by atoms with E-state index in [9.17, 15) is 0 Å². The molecular weight excluding hydrogens is 482 g/mol. The molecular formula is C29H22ClN7. The van der Waals surface area contributed by atoms with Crippen molar-refractivity contribution in [2.75, 3.05) is 10.6 Å². The molecule has 0 spiro atoms. The number of nitrogens with zero attached hydrogens (tertiary/aromatic N) is 5. The molecule has 37 heavy (non-hydrogen) atoms. The van der Waals surface area contributed by atoms with E-state index in [1.54, 1.807) is 24.8 Å². The third-order valence-corrected chi connectivity index (χ3v) is 5.46. The molecule has 3 heterocycles. The highest BCUT2D eigenvalue weighted by Gasteiger charge is 2.06. The Morgan fingerprint density at radius 3 is 1.19 bits per heavy atom. The Balaban J connectivity index is 1.22. The predicted molar refractivity (Wildman–Crippen MR) is 151 cm³/mol. The van der Waals surface area contributed by atoms with E-state index in [-0.39, 0.29) is 5.28 Å². The van der Waals surface area contributed by atoms with Crippen LogP contribution < -0.4 is 10.6 Å². The number of nitrogens with one attached hydrogen (secondary N) is 2. The first kappa shape index (κ1) is 23.8. The molecule has 180 valence electrons. The Bertz CT molecular complexity index is 1390. The van der Waals surface area contributed by atoms with Crippen LogP contribution in [0.5, 0.6) is 0 Å². The monoisotopic (exact) mass is 503 g/mol. The SMILES string of the molecule is Clc1nc(Nc2ccc(/C=C/c3ccncc3)cc2)nc(Nc2ccc(/C=C/c3ccncc3)cc2)n1. The fourth-order valence-corrected chi connectivity index (χ4v) is 3.57. The van der Waals surface area contributed by atoms with Crippen LogP contribution in [0, 0.1) is 0 Å². The summed E-state index contributed by atoms with van der Waals surface area (Å²) < 4.78 is 0. The standard InChI is InChI=1S/C29H22ClN7/c30-27-35-28(33-25-9-5-21(6-10-25)1-3-23-13-17-31-18-14-23)37-29(36-27)34-26-11-7-22(8-12-26)2-4-24-15-19-32-20-16-24/h1-20H,(H2,33,34,35,36,37)/b3-1+,4-2+.